The van der Waals surface area contributed by atoms with E-state index in [0.29, 0.717) is 38.9 Å². The summed E-state index contributed by atoms with van der Waals surface area (Å²) in [5, 5.41) is 6.53. The van der Waals surface area contributed by atoms with Gasteiger partial charge in [0, 0.05) is 17.9 Å². The van der Waals surface area contributed by atoms with Gasteiger partial charge < -0.3 is 5.73 Å². The summed E-state index contributed by atoms with van der Waals surface area (Å²) < 4.78 is 0. The maximum atomic E-state index is 13.4. The zero-order valence-corrected chi connectivity index (χ0v) is 19.2. The topological polar surface area (TPSA) is 79.0 Å². The Kier molecular flexibility index (Phi) is 6.42. The third-order valence-corrected chi connectivity index (χ3v) is 6.68. The molecular formula is C26H32N4O2. The summed E-state index contributed by atoms with van der Waals surface area (Å²) in [5.41, 5.74) is 12.2. The molecular weight excluding hydrogens is 400 g/mol. The number of piperidine rings is 1. The molecule has 4 rings (SSSR count). The fourth-order valence-electron chi connectivity index (χ4n) is 4.64. The molecule has 2 aromatic carbocycles. The number of carbonyl (C=O) groups is 2. The van der Waals surface area contributed by atoms with Crippen molar-refractivity contribution in [1.82, 2.24) is 9.91 Å². The number of nitrogens with zero attached hydrogens (tertiary/aromatic N) is 3. The average molecular weight is 433 g/mol. The molecule has 2 amide bonds. The van der Waals surface area contributed by atoms with Gasteiger partial charge in [-0.15, -0.1) is 0 Å². The van der Waals surface area contributed by atoms with Gasteiger partial charge in [0.15, 0.2) is 0 Å². The maximum absolute atomic E-state index is 13.4. The first-order valence-electron chi connectivity index (χ1n) is 11.4. The Balaban J connectivity index is 1.57. The molecule has 0 spiro atoms. The predicted molar refractivity (Wildman–Crippen MR) is 126 cm³/mol. The van der Waals surface area contributed by atoms with E-state index in [1.54, 1.807) is 5.01 Å². The van der Waals surface area contributed by atoms with E-state index in [9.17, 15) is 9.59 Å². The molecule has 0 unspecified atom stereocenters. The molecule has 2 N–H and O–H groups in total. The largest absolute Gasteiger partial charge is 0.369 e. The van der Waals surface area contributed by atoms with Crippen LogP contribution in [0.15, 0.2) is 47.6 Å². The quantitative estimate of drug-likeness (QED) is 0.786. The average Bonchev–Trinajstić information content (AvgIpc) is 3.22. The zero-order chi connectivity index (χ0) is 22.8. The Morgan fingerprint density at radius 3 is 2.31 bits per heavy atom. The second-order valence-electron chi connectivity index (χ2n) is 9.19. The molecule has 0 aromatic heterocycles. The van der Waals surface area contributed by atoms with Crippen LogP contribution in [0.25, 0.3) is 0 Å². The van der Waals surface area contributed by atoms with Gasteiger partial charge in [-0.05, 0) is 63.9 Å². The summed E-state index contributed by atoms with van der Waals surface area (Å²) in [6.07, 6.45) is 2.12. The van der Waals surface area contributed by atoms with Crippen molar-refractivity contribution >= 4 is 17.5 Å². The van der Waals surface area contributed by atoms with Crippen LogP contribution in [-0.2, 0) is 9.59 Å². The second-order valence-corrected chi connectivity index (χ2v) is 9.19. The van der Waals surface area contributed by atoms with Crippen LogP contribution >= 0.6 is 0 Å². The molecule has 6 nitrogen and oxygen atoms in total. The van der Waals surface area contributed by atoms with Gasteiger partial charge in [0.05, 0.1) is 18.3 Å². The number of primary amides is 1. The number of nitrogens with two attached hydrogens (primary N) is 1. The van der Waals surface area contributed by atoms with Crippen LogP contribution in [0.1, 0.15) is 53.1 Å². The number of amides is 2. The number of aryl methyl sites for hydroxylation is 3. The fraction of sp³-hybridized carbons (Fsp3) is 0.423. The summed E-state index contributed by atoms with van der Waals surface area (Å²) in [6.45, 7) is 7.94. The molecule has 0 saturated carbocycles. The Bertz CT molecular complexity index is 1040. The third-order valence-electron chi connectivity index (χ3n) is 6.68. The highest BCUT2D eigenvalue weighted by atomic mass is 16.2. The minimum Gasteiger partial charge on any atom is -0.369 e. The normalized spacial score (nSPS) is 19.8. The highest BCUT2D eigenvalue weighted by Crippen LogP contribution is 2.34. The van der Waals surface area contributed by atoms with E-state index >= 15 is 0 Å². The van der Waals surface area contributed by atoms with Crippen LogP contribution in [0.2, 0.25) is 0 Å². The molecule has 0 aliphatic carbocycles. The van der Waals surface area contributed by atoms with Crippen molar-refractivity contribution < 1.29 is 9.59 Å². The third kappa shape index (κ3) is 4.75. The first-order valence-corrected chi connectivity index (χ1v) is 11.4. The van der Waals surface area contributed by atoms with E-state index in [4.69, 9.17) is 10.8 Å². The van der Waals surface area contributed by atoms with Gasteiger partial charge in [-0.1, -0.05) is 47.5 Å². The lowest BCUT2D eigenvalue weighted by atomic mass is 9.94. The van der Waals surface area contributed by atoms with Gasteiger partial charge >= 0.3 is 0 Å². The standard InChI is InChI=1S/C26H32N4O2/c1-17-5-8-20(9-6-17)24-15-23(22-14-18(2)4-7-19(22)3)28-30(24)25(31)16-29-12-10-21(11-13-29)26(27)32/h4-9,14,21,24H,10-13,15-16H2,1-3H3,(H2,27,32)/t24-/m0/s1. The number of hydrogen-bond donors (Lipinski definition) is 1. The Morgan fingerprint density at radius 1 is 1.00 bits per heavy atom. The molecule has 2 heterocycles. The van der Waals surface area contributed by atoms with Crippen molar-refractivity contribution in [3.8, 4) is 0 Å². The molecule has 1 atom stereocenters. The van der Waals surface area contributed by atoms with Crippen molar-refractivity contribution in [3.63, 3.8) is 0 Å². The maximum Gasteiger partial charge on any atom is 0.257 e. The summed E-state index contributed by atoms with van der Waals surface area (Å²) >= 11 is 0. The minimum atomic E-state index is -0.238. The van der Waals surface area contributed by atoms with Crippen molar-refractivity contribution in [2.75, 3.05) is 19.6 Å². The number of rotatable bonds is 5. The Morgan fingerprint density at radius 2 is 1.66 bits per heavy atom. The van der Waals surface area contributed by atoms with Crippen LogP contribution in [0, 0.1) is 26.7 Å². The number of hydrogen-bond acceptors (Lipinski definition) is 4. The predicted octanol–water partition coefficient (Wildman–Crippen LogP) is 3.49. The number of likely N-dealkylation sites (tertiary alicyclic amines) is 1. The Hall–Kier alpha value is -2.99. The second kappa shape index (κ2) is 9.25. The van der Waals surface area contributed by atoms with E-state index in [0.717, 1.165) is 16.8 Å². The molecule has 1 fully saturated rings. The zero-order valence-electron chi connectivity index (χ0n) is 19.2. The number of carbonyl (C=O) groups excluding carboxylic acids is 2. The molecule has 2 aliphatic rings. The monoisotopic (exact) mass is 432 g/mol. The van der Waals surface area contributed by atoms with Crippen LogP contribution in [0.5, 0.6) is 0 Å². The first kappa shape index (κ1) is 22.2. The van der Waals surface area contributed by atoms with Gasteiger partial charge in [-0.25, -0.2) is 5.01 Å². The van der Waals surface area contributed by atoms with Crippen LogP contribution in [-0.4, -0.2) is 47.1 Å². The summed E-state index contributed by atoms with van der Waals surface area (Å²) in [5.74, 6) is -0.325. The first-order chi connectivity index (χ1) is 15.3. The molecule has 1 saturated heterocycles. The lowest BCUT2D eigenvalue weighted by Gasteiger charge is -2.31. The van der Waals surface area contributed by atoms with Gasteiger partial charge in [0.25, 0.3) is 5.91 Å². The minimum absolute atomic E-state index is 0.00611. The molecule has 32 heavy (non-hydrogen) atoms. The molecule has 0 bridgehead atoms. The van der Waals surface area contributed by atoms with Gasteiger partial charge in [0.2, 0.25) is 5.91 Å². The van der Waals surface area contributed by atoms with Crippen molar-refractivity contribution in [2.24, 2.45) is 16.8 Å². The summed E-state index contributed by atoms with van der Waals surface area (Å²) in [4.78, 5) is 27.0. The Labute approximate surface area is 190 Å². The van der Waals surface area contributed by atoms with Crippen LogP contribution < -0.4 is 5.73 Å². The molecule has 168 valence electrons. The summed E-state index contributed by atoms with van der Waals surface area (Å²) in [6, 6.07) is 14.6. The lowest BCUT2D eigenvalue weighted by molar-refractivity contribution is -0.134. The fourth-order valence-corrected chi connectivity index (χ4v) is 4.64. The van der Waals surface area contributed by atoms with E-state index in [1.807, 2.05) is 0 Å². The van der Waals surface area contributed by atoms with Gasteiger partial charge in [-0.2, -0.15) is 5.10 Å². The van der Waals surface area contributed by atoms with Gasteiger partial charge in [0.1, 0.15) is 0 Å². The van der Waals surface area contributed by atoms with E-state index in [1.165, 1.54) is 16.7 Å². The molecule has 0 radical (unpaired) electrons. The highest BCUT2D eigenvalue weighted by molar-refractivity contribution is 6.04. The molecule has 6 heteroatoms. The number of hydrazone groups is 1. The SMILES string of the molecule is Cc1ccc([C@@H]2CC(c3cc(C)ccc3C)=NN2C(=O)CN2CCC(C(N)=O)CC2)cc1. The van der Waals surface area contributed by atoms with E-state index < -0.39 is 0 Å². The van der Waals surface area contributed by atoms with Crippen molar-refractivity contribution in [3.05, 3.63) is 70.3 Å². The number of benzene rings is 2. The van der Waals surface area contributed by atoms with E-state index in [2.05, 4.69) is 68.1 Å². The smallest absolute Gasteiger partial charge is 0.257 e. The molecule has 2 aromatic rings. The van der Waals surface area contributed by atoms with Crippen molar-refractivity contribution in [1.29, 1.82) is 0 Å². The van der Waals surface area contributed by atoms with E-state index in [-0.39, 0.29) is 23.8 Å². The summed E-state index contributed by atoms with van der Waals surface area (Å²) in [7, 11) is 0. The highest BCUT2D eigenvalue weighted by Gasteiger charge is 2.35. The van der Waals surface area contributed by atoms with Gasteiger partial charge in [-0.3, -0.25) is 14.5 Å². The van der Waals surface area contributed by atoms with Crippen molar-refractivity contribution in [2.45, 2.75) is 46.1 Å². The molecule has 2 aliphatic heterocycles. The van der Waals surface area contributed by atoms with Crippen LogP contribution in [0.3, 0.4) is 0 Å². The lowest BCUT2D eigenvalue weighted by Crippen LogP contribution is -2.44. The van der Waals surface area contributed by atoms with Crippen LogP contribution in [0.4, 0.5) is 0 Å².